The van der Waals surface area contributed by atoms with Gasteiger partial charge in [-0.3, -0.25) is 9.59 Å². The van der Waals surface area contributed by atoms with Crippen LogP contribution in [0.1, 0.15) is 94.9 Å². The molecule has 0 amide bonds. The second kappa shape index (κ2) is 39.2. The lowest BCUT2D eigenvalue weighted by atomic mass is 9.83. The third-order valence-electron chi connectivity index (χ3n) is 20.2. The highest BCUT2D eigenvalue weighted by Gasteiger charge is 2.30. The van der Waals surface area contributed by atoms with Crippen molar-refractivity contribution < 1.29 is 14.7 Å². The SMILES string of the molecule is C.Cc1cc(N)c(C)cc1N.Cc1cc(N)c(O)cc1N.Cc1ccc(-c2cc(-c3ccc(N)cc3)cc(-c3ccc(N)cc3)c2)cc1.Cc1ccc(Cc2ccc(N)cc2)cc1.Cc1ccc(N(c2ccc(N)cc2)c2ccc(N)cc2)cc1.Cc1ccc2c(c1)C(=O)c1ccc(N)cc1C2=O.Cc1ccc2cc3cc(N)ccc3cc2c1. The molecule has 600 valence electrons. The largest absolute Gasteiger partial charge is 0.506 e. The maximum absolute atomic E-state index is 12.3. The highest BCUT2D eigenvalue weighted by atomic mass is 16.3. The first-order valence-electron chi connectivity index (χ1n) is 38.7. The average molecular weight is 1570 g/mol. The lowest BCUT2D eigenvalue weighted by Crippen LogP contribution is -2.21. The maximum atomic E-state index is 12.3. The Bertz CT molecular complexity index is 5610. The number of aromatic hydroxyl groups is 1. The van der Waals surface area contributed by atoms with Gasteiger partial charge in [0.15, 0.2) is 11.6 Å². The Hall–Kier alpha value is -15.2. The summed E-state index contributed by atoms with van der Waals surface area (Å²) < 4.78 is 0. The van der Waals surface area contributed by atoms with E-state index in [2.05, 4.69) is 196 Å². The molecule has 0 atom stereocenters. The molecule has 15 nitrogen and oxygen atoms in total. The number of carbonyl (C=O) groups excluding carboxylic acids is 2. The Morgan fingerprint density at radius 2 is 0.521 bits per heavy atom. The number of phenols is 1. The van der Waals surface area contributed by atoms with Gasteiger partial charge in [-0.05, 0) is 327 Å². The number of ketones is 2. The quantitative estimate of drug-likeness (QED) is 0.0382. The summed E-state index contributed by atoms with van der Waals surface area (Å²) in [5, 5.41) is 14.0. The molecule has 0 radical (unpaired) electrons. The van der Waals surface area contributed by atoms with E-state index in [0.717, 1.165) is 102 Å². The van der Waals surface area contributed by atoms with Gasteiger partial charge in [-0.1, -0.05) is 169 Å². The molecule has 17 rings (SSSR count). The molecule has 1 aliphatic rings. The zero-order chi connectivity index (χ0) is 84.4. The summed E-state index contributed by atoms with van der Waals surface area (Å²) in [7, 11) is 0. The fourth-order valence-electron chi connectivity index (χ4n) is 13.2. The van der Waals surface area contributed by atoms with Crippen molar-refractivity contribution in [2.24, 2.45) is 0 Å². The van der Waals surface area contributed by atoms with Crippen LogP contribution in [-0.2, 0) is 6.42 Å². The standard InChI is InChI=1S/C25H22N2.C19H19N3.C15H11NO2.C15H13N.C14H15N.C8H12N2.C7H10N2O.CH4/c1-17-2-4-18(5-3-17)21-14-22(19-6-10-24(26)11-7-19)16-23(15-21)20-8-12-25(27)13-9-20;1-14-2-8-17(9-3-14)22(18-10-4-15(20)5-11-18)19-12-6-16(21)7-13-19;1-8-2-4-10-12(6-8)14(17)11-5-3-9(16)7-13(11)15(10)18;1-10-2-3-11-8-14-9-15(16)5-4-12(14)7-13(11)6-10;1-11-2-4-12(5-3-11)10-13-6-8-14(15)9-7-13;1-5-3-8(10)6(2)4-7(5)9;1-4-2-6(9)7(10)3-5(4)8;/h2-16H,26-27H2,1H3;2-13H,20-21H2,1H3;2-7H,16H2,1H3;2-9H,16H2,1H3;2-9H,10,15H2,1H3;3-4H,9-10H2,1-2H3;2-3,10H,8-9H2,1H3;1H4. The van der Waals surface area contributed by atoms with Crippen molar-refractivity contribution >= 4 is 113 Å². The van der Waals surface area contributed by atoms with Gasteiger partial charge in [-0.2, -0.15) is 0 Å². The number of nitrogens with zero attached hydrogens (tertiary/aromatic N) is 1. The first-order valence-corrected chi connectivity index (χ1v) is 38.7. The topological polar surface area (TPSA) is 344 Å². The molecule has 0 bridgehead atoms. The van der Waals surface area contributed by atoms with E-state index in [1.807, 2.05) is 143 Å². The zero-order valence-corrected chi connectivity index (χ0v) is 67.9. The first-order chi connectivity index (χ1) is 56.5. The summed E-state index contributed by atoms with van der Waals surface area (Å²) in [6, 6.07) is 106. The number of hydrogen-bond donors (Lipinski definition) is 12. The Labute approximate surface area is 699 Å². The third kappa shape index (κ3) is 23.1. The van der Waals surface area contributed by atoms with Crippen LogP contribution in [0.3, 0.4) is 0 Å². The monoisotopic (exact) mass is 1570 g/mol. The van der Waals surface area contributed by atoms with E-state index in [1.54, 1.807) is 36.4 Å². The Morgan fingerprint density at radius 1 is 0.235 bits per heavy atom. The fourth-order valence-corrected chi connectivity index (χ4v) is 13.2. The van der Waals surface area contributed by atoms with Crippen LogP contribution in [0.4, 0.5) is 79.6 Å². The number of hydrogen-bond acceptors (Lipinski definition) is 15. The van der Waals surface area contributed by atoms with Crippen LogP contribution in [0, 0.1) is 55.4 Å². The van der Waals surface area contributed by atoms with Crippen LogP contribution in [0.15, 0.2) is 322 Å². The predicted molar refractivity (Wildman–Crippen MR) is 508 cm³/mol. The van der Waals surface area contributed by atoms with Gasteiger partial charge >= 0.3 is 0 Å². The highest BCUT2D eigenvalue weighted by Crippen LogP contribution is 2.38. The van der Waals surface area contributed by atoms with Gasteiger partial charge in [0.25, 0.3) is 0 Å². The Balaban J connectivity index is 0.000000149. The van der Waals surface area contributed by atoms with E-state index in [9.17, 15) is 9.59 Å². The van der Waals surface area contributed by atoms with Gasteiger partial charge in [-0.15, -0.1) is 0 Å². The van der Waals surface area contributed by atoms with Crippen molar-refractivity contribution in [3.63, 3.8) is 0 Å². The number of carbonyl (C=O) groups is 2. The molecule has 119 heavy (non-hydrogen) atoms. The number of anilines is 14. The summed E-state index contributed by atoms with van der Waals surface area (Å²) in [6.45, 7) is 16.0. The molecule has 1 aliphatic carbocycles. The van der Waals surface area contributed by atoms with Crippen molar-refractivity contribution in [1.82, 2.24) is 0 Å². The molecule has 16 aromatic carbocycles. The number of benzene rings is 16. The summed E-state index contributed by atoms with van der Waals surface area (Å²) in [5.74, 6) is -0.196. The molecular formula is C104H106N12O3. The van der Waals surface area contributed by atoms with Gasteiger partial charge in [0, 0.05) is 102 Å². The number of fused-ring (bicyclic) bond motifs is 4. The Morgan fingerprint density at radius 3 is 0.958 bits per heavy atom. The number of aryl methyl sites for hydroxylation is 8. The van der Waals surface area contributed by atoms with Crippen LogP contribution in [0.2, 0.25) is 0 Å². The molecule has 16 aromatic rings. The van der Waals surface area contributed by atoms with Crippen molar-refractivity contribution in [2.45, 2.75) is 69.2 Å². The van der Waals surface area contributed by atoms with Gasteiger partial charge in [0.05, 0.1) is 5.69 Å². The molecule has 0 heterocycles. The van der Waals surface area contributed by atoms with Crippen molar-refractivity contribution in [2.75, 3.05) is 68.0 Å². The molecule has 0 aliphatic heterocycles. The van der Waals surface area contributed by atoms with Crippen LogP contribution < -0.4 is 68.0 Å². The summed E-state index contributed by atoms with van der Waals surface area (Å²) in [6.07, 6.45) is 0.973. The second-order valence-electron chi connectivity index (χ2n) is 29.8. The van der Waals surface area contributed by atoms with Crippen molar-refractivity contribution in [3.05, 3.63) is 399 Å². The van der Waals surface area contributed by atoms with E-state index in [1.165, 1.54) is 83.2 Å². The van der Waals surface area contributed by atoms with E-state index >= 15 is 0 Å². The minimum Gasteiger partial charge on any atom is -0.506 e. The number of nitrogen functional groups attached to an aromatic ring is 11. The summed E-state index contributed by atoms with van der Waals surface area (Å²) in [5.41, 5.74) is 94.0. The number of phenolic OH excluding ortho intramolecular Hbond substituents is 1. The molecule has 0 unspecified atom stereocenters. The molecule has 0 saturated heterocycles. The summed E-state index contributed by atoms with van der Waals surface area (Å²) in [4.78, 5) is 26.8. The van der Waals surface area contributed by atoms with Crippen LogP contribution in [0.5, 0.6) is 5.75 Å². The maximum Gasteiger partial charge on any atom is 0.194 e. The van der Waals surface area contributed by atoms with Gasteiger partial charge in [0.1, 0.15) is 5.75 Å². The molecule has 0 fully saturated rings. The lowest BCUT2D eigenvalue weighted by molar-refractivity contribution is 0.0979. The predicted octanol–water partition coefficient (Wildman–Crippen LogP) is 23.2. The van der Waals surface area contributed by atoms with Crippen molar-refractivity contribution in [1.29, 1.82) is 0 Å². The van der Waals surface area contributed by atoms with E-state index in [4.69, 9.17) is 68.2 Å². The van der Waals surface area contributed by atoms with E-state index < -0.39 is 0 Å². The molecular weight excluding hydrogens is 1470 g/mol. The molecule has 23 N–H and O–H groups in total. The van der Waals surface area contributed by atoms with Crippen LogP contribution >= 0.6 is 0 Å². The highest BCUT2D eigenvalue weighted by molar-refractivity contribution is 6.28. The Kier molecular flexibility index (Phi) is 28.4. The van der Waals surface area contributed by atoms with Crippen LogP contribution in [-0.4, -0.2) is 16.7 Å². The number of nitrogens with two attached hydrogens (primary N) is 11. The molecule has 0 spiro atoms. The third-order valence-corrected chi connectivity index (χ3v) is 20.2. The second-order valence-corrected chi connectivity index (χ2v) is 29.8. The zero-order valence-electron chi connectivity index (χ0n) is 67.9. The molecule has 15 heteroatoms. The molecule has 0 saturated carbocycles. The van der Waals surface area contributed by atoms with Gasteiger partial charge in [-0.25, -0.2) is 0 Å². The molecule has 0 aromatic heterocycles. The van der Waals surface area contributed by atoms with E-state index in [0.29, 0.717) is 39.3 Å². The van der Waals surface area contributed by atoms with Crippen LogP contribution in [0.25, 0.3) is 54.9 Å². The average Bonchev–Trinajstić information content (AvgIpc) is 0.757. The number of rotatable bonds is 8. The van der Waals surface area contributed by atoms with Gasteiger partial charge < -0.3 is 73.1 Å². The smallest absolute Gasteiger partial charge is 0.194 e. The van der Waals surface area contributed by atoms with Crippen molar-refractivity contribution in [3.8, 4) is 39.1 Å². The minimum atomic E-state index is -0.132. The summed E-state index contributed by atoms with van der Waals surface area (Å²) >= 11 is 0. The normalized spacial score (nSPS) is 10.8. The first kappa shape index (κ1) is 86.2. The lowest BCUT2D eigenvalue weighted by Gasteiger charge is -2.25. The minimum absolute atomic E-state index is 0. The fraction of sp³-hybridized carbons (Fsp3) is 0.0962. The van der Waals surface area contributed by atoms with E-state index in [-0.39, 0.29) is 24.7 Å². The van der Waals surface area contributed by atoms with Gasteiger partial charge in [0.2, 0.25) is 0 Å².